The second-order valence-electron chi connectivity index (χ2n) is 7.27. The number of nitrogens with two attached hydrogens (primary N) is 1. The molecule has 0 radical (unpaired) electrons. The number of hydrogen-bond acceptors (Lipinski definition) is 3. The van der Waals surface area contributed by atoms with Crippen LogP contribution in [0.1, 0.15) is 37.8 Å². The number of benzene rings is 1. The van der Waals surface area contributed by atoms with Crippen LogP contribution in [0.15, 0.2) is 29.1 Å². The molecule has 1 aliphatic heterocycles. The van der Waals surface area contributed by atoms with E-state index < -0.39 is 0 Å². The first-order valence-electron chi connectivity index (χ1n) is 8.71. The van der Waals surface area contributed by atoms with Crippen molar-refractivity contribution < 1.29 is 0 Å². The maximum atomic E-state index is 12.4. The lowest BCUT2D eigenvalue weighted by Crippen LogP contribution is -2.30. The van der Waals surface area contributed by atoms with Crippen molar-refractivity contribution in [2.45, 2.75) is 45.2 Å². The number of aromatic nitrogens is 1. The fourth-order valence-corrected chi connectivity index (χ4v) is 3.99. The summed E-state index contributed by atoms with van der Waals surface area (Å²) in [6.07, 6.45) is 3.40. The van der Waals surface area contributed by atoms with Crippen LogP contribution in [0.3, 0.4) is 0 Å². The van der Waals surface area contributed by atoms with Crippen LogP contribution in [0.4, 0.5) is 5.69 Å². The zero-order chi connectivity index (χ0) is 16.1. The molecule has 122 valence electrons. The molecular weight excluding hydrogens is 286 g/mol. The minimum Gasteiger partial charge on any atom is -0.371 e. The minimum atomic E-state index is 0.134. The topological polar surface area (TPSA) is 51.3 Å². The average Bonchev–Trinajstić information content (AvgIpc) is 3.23. The van der Waals surface area contributed by atoms with Crippen molar-refractivity contribution in [3.8, 4) is 0 Å². The molecule has 23 heavy (non-hydrogen) atoms. The Balaban J connectivity index is 1.82. The van der Waals surface area contributed by atoms with Gasteiger partial charge < -0.3 is 15.2 Å². The molecule has 1 aliphatic carbocycles. The molecule has 2 aliphatic rings. The summed E-state index contributed by atoms with van der Waals surface area (Å²) < 4.78 is 2.02. The highest BCUT2D eigenvalue weighted by Gasteiger charge is 2.29. The van der Waals surface area contributed by atoms with Gasteiger partial charge in [0.15, 0.2) is 0 Å². The van der Waals surface area contributed by atoms with Crippen LogP contribution in [0.5, 0.6) is 0 Å². The molecule has 1 aromatic carbocycles. The van der Waals surface area contributed by atoms with Gasteiger partial charge in [-0.1, -0.05) is 6.07 Å². The van der Waals surface area contributed by atoms with Crippen molar-refractivity contribution in [3.63, 3.8) is 0 Å². The van der Waals surface area contributed by atoms with Crippen LogP contribution in [-0.4, -0.2) is 23.7 Å². The number of pyridine rings is 1. The van der Waals surface area contributed by atoms with Crippen molar-refractivity contribution in [1.82, 2.24) is 4.57 Å². The Bertz CT molecular complexity index is 804. The normalized spacial score (nSPS) is 22.7. The molecule has 2 aromatic rings. The molecule has 1 aromatic heterocycles. The van der Waals surface area contributed by atoms with E-state index in [0.29, 0.717) is 12.0 Å². The maximum absolute atomic E-state index is 12.4. The number of nitrogens with zero attached hydrogens (tertiary/aromatic N) is 2. The molecule has 2 atom stereocenters. The summed E-state index contributed by atoms with van der Waals surface area (Å²) in [6, 6.07) is 8.68. The summed E-state index contributed by atoms with van der Waals surface area (Å²) in [6.45, 7) is 6.34. The number of hydrogen-bond donors (Lipinski definition) is 1. The summed E-state index contributed by atoms with van der Waals surface area (Å²) in [5.74, 6) is 0.562. The van der Waals surface area contributed by atoms with E-state index in [1.165, 1.54) is 16.6 Å². The molecule has 4 nitrogen and oxygen atoms in total. The summed E-state index contributed by atoms with van der Waals surface area (Å²) in [5, 5.41) is 1.17. The second kappa shape index (κ2) is 5.38. The third-order valence-electron chi connectivity index (χ3n) is 5.54. The Morgan fingerprint density at radius 1 is 1.17 bits per heavy atom. The van der Waals surface area contributed by atoms with E-state index in [2.05, 4.69) is 30.9 Å². The quantitative estimate of drug-likeness (QED) is 0.948. The summed E-state index contributed by atoms with van der Waals surface area (Å²) in [4.78, 5) is 14.8. The summed E-state index contributed by atoms with van der Waals surface area (Å²) in [5.41, 5.74) is 9.85. The largest absolute Gasteiger partial charge is 0.371 e. The highest BCUT2D eigenvalue weighted by molar-refractivity contribution is 5.87. The molecule has 0 spiro atoms. The van der Waals surface area contributed by atoms with Crippen molar-refractivity contribution in [1.29, 1.82) is 0 Å². The second-order valence-corrected chi connectivity index (χ2v) is 7.27. The highest BCUT2D eigenvalue weighted by Crippen LogP contribution is 2.38. The molecule has 4 rings (SSSR count). The van der Waals surface area contributed by atoms with Crippen LogP contribution >= 0.6 is 0 Å². The molecular formula is C19H25N3O. The van der Waals surface area contributed by atoms with E-state index in [-0.39, 0.29) is 11.6 Å². The SMILES string of the molecule is Cc1c(N2CC[C@@H]([C@H](C)N)C2)ccc2ccc(=O)n(C3CC3)c12. The van der Waals surface area contributed by atoms with Gasteiger partial charge in [0.2, 0.25) is 0 Å². The molecule has 0 amide bonds. The molecule has 2 fully saturated rings. The fourth-order valence-electron chi connectivity index (χ4n) is 3.99. The molecule has 2 heterocycles. The lowest BCUT2D eigenvalue weighted by Gasteiger charge is -2.24. The fraction of sp³-hybridized carbons (Fsp3) is 0.526. The van der Waals surface area contributed by atoms with Crippen molar-refractivity contribution in [2.24, 2.45) is 11.7 Å². The van der Waals surface area contributed by atoms with Gasteiger partial charge >= 0.3 is 0 Å². The van der Waals surface area contributed by atoms with E-state index in [1.807, 2.05) is 10.6 Å². The van der Waals surface area contributed by atoms with Gasteiger partial charge in [0, 0.05) is 36.9 Å². The van der Waals surface area contributed by atoms with Gasteiger partial charge in [0.1, 0.15) is 0 Å². The van der Waals surface area contributed by atoms with Crippen molar-refractivity contribution in [2.75, 3.05) is 18.0 Å². The van der Waals surface area contributed by atoms with E-state index in [4.69, 9.17) is 5.73 Å². The first kappa shape index (κ1) is 14.8. The lowest BCUT2D eigenvalue weighted by molar-refractivity contribution is 0.488. The zero-order valence-corrected chi connectivity index (χ0v) is 14.0. The van der Waals surface area contributed by atoms with Gasteiger partial charge in [-0.3, -0.25) is 4.79 Å². The Labute approximate surface area is 136 Å². The van der Waals surface area contributed by atoms with Gasteiger partial charge in [-0.2, -0.15) is 0 Å². The molecule has 4 heteroatoms. The van der Waals surface area contributed by atoms with E-state index >= 15 is 0 Å². The zero-order valence-electron chi connectivity index (χ0n) is 14.0. The predicted molar refractivity (Wildman–Crippen MR) is 95.2 cm³/mol. The Morgan fingerprint density at radius 2 is 1.91 bits per heavy atom. The smallest absolute Gasteiger partial charge is 0.251 e. The van der Waals surface area contributed by atoms with Crippen molar-refractivity contribution in [3.05, 3.63) is 40.2 Å². The first-order chi connectivity index (χ1) is 11.1. The van der Waals surface area contributed by atoms with Crippen LogP contribution in [0, 0.1) is 12.8 Å². The number of aryl methyl sites for hydroxylation is 1. The van der Waals surface area contributed by atoms with Gasteiger partial charge in [-0.25, -0.2) is 0 Å². The first-order valence-corrected chi connectivity index (χ1v) is 8.71. The molecule has 0 bridgehead atoms. The Kier molecular flexibility index (Phi) is 3.45. The van der Waals surface area contributed by atoms with Crippen LogP contribution in [-0.2, 0) is 0 Å². The van der Waals surface area contributed by atoms with E-state index in [9.17, 15) is 4.79 Å². The third kappa shape index (κ3) is 2.45. The summed E-state index contributed by atoms with van der Waals surface area (Å²) in [7, 11) is 0. The van der Waals surface area contributed by atoms with Gasteiger partial charge in [0.05, 0.1) is 5.52 Å². The van der Waals surface area contributed by atoms with Crippen molar-refractivity contribution >= 4 is 16.6 Å². The van der Waals surface area contributed by atoms with E-state index in [1.54, 1.807) is 6.07 Å². The van der Waals surface area contributed by atoms with Gasteiger partial charge in [0.25, 0.3) is 5.56 Å². The predicted octanol–water partition coefficient (Wildman–Crippen LogP) is 2.82. The monoisotopic (exact) mass is 311 g/mol. The number of anilines is 1. The number of rotatable bonds is 3. The van der Waals surface area contributed by atoms with Crippen LogP contribution in [0.25, 0.3) is 10.9 Å². The highest BCUT2D eigenvalue weighted by atomic mass is 16.1. The van der Waals surface area contributed by atoms with Crippen LogP contribution in [0.2, 0.25) is 0 Å². The molecule has 0 unspecified atom stereocenters. The summed E-state index contributed by atoms with van der Waals surface area (Å²) >= 11 is 0. The minimum absolute atomic E-state index is 0.134. The molecule has 1 saturated carbocycles. The molecule has 2 N–H and O–H groups in total. The number of fused-ring (bicyclic) bond motifs is 1. The average molecular weight is 311 g/mol. The van der Waals surface area contributed by atoms with Gasteiger partial charge in [-0.15, -0.1) is 0 Å². The Hall–Kier alpha value is -1.81. The standard InChI is InChI=1S/C19H25N3O/c1-12-17(21-10-9-15(11-21)13(2)20)7-3-14-4-8-18(23)22(19(12)14)16-5-6-16/h3-4,7-8,13,15-16H,5-6,9-11,20H2,1-2H3/t13-,15+/m0/s1. The third-order valence-corrected chi connectivity index (χ3v) is 5.54. The maximum Gasteiger partial charge on any atom is 0.251 e. The van der Waals surface area contributed by atoms with Crippen LogP contribution < -0.4 is 16.2 Å². The Morgan fingerprint density at radius 3 is 2.57 bits per heavy atom. The van der Waals surface area contributed by atoms with Gasteiger partial charge in [-0.05, 0) is 62.1 Å². The molecule has 1 saturated heterocycles. The van der Waals surface area contributed by atoms with E-state index in [0.717, 1.165) is 37.9 Å². The lowest BCUT2D eigenvalue weighted by atomic mass is 10.0.